The molecule has 91 valence electrons. The van der Waals surface area contributed by atoms with Gasteiger partial charge in [0.15, 0.2) is 0 Å². The lowest BCUT2D eigenvalue weighted by Gasteiger charge is -2.26. The molecule has 0 saturated carbocycles. The Bertz CT molecular complexity index is 374. The molecule has 0 aliphatic heterocycles. The second kappa shape index (κ2) is 4.55. The molecular formula is C5H11O7S3. The molecule has 2 N–H and O–H groups in total. The van der Waals surface area contributed by atoms with E-state index in [2.05, 4.69) is 6.92 Å². The first-order valence-electron chi connectivity index (χ1n) is 3.57. The van der Waals surface area contributed by atoms with Crippen LogP contribution in [0.4, 0.5) is 0 Å². The van der Waals surface area contributed by atoms with Crippen molar-refractivity contribution in [2.75, 3.05) is 6.26 Å². The summed E-state index contributed by atoms with van der Waals surface area (Å²) >= 11 is -2.52. The van der Waals surface area contributed by atoms with Crippen LogP contribution in [0.2, 0.25) is 0 Å². The molecule has 0 aliphatic carbocycles. The molecule has 15 heavy (non-hydrogen) atoms. The van der Waals surface area contributed by atoms with Crippen LogP contribution in [0.25, 0.3) is 0 Å². The van der Waals surface area contributed by atoms with Crippen LogP contribution in [0.5, 0.6) is 0 Å². The zero-order chi connectivity index (χ0) is 12.5. The van der Waals surface area contributed by atoms with Gasteiger partial charge in [-0.15, -0.1) is 0 Å². The smallest absolute Gasteiger partial charge is 0.370 e. The van der Waals surface area contributed by atoms with E-state index < -0.39 is 41.2 Å². The molecule has 0 aromatic rings. The van der Waals surface area contributed by atoms with Crippen LogP contribution in [0.15, 0.2) is 0 Å². The first kappa shape index (κ1) is 15.1. The Morgan fingerprint density at radius 2 is 1.60 bits per heavy atom. The van der Waals surface area contributed by atoms with Crippen LogP contribution in [0.3, 0.4) is 0 Å². The highest BCUT2D eigenvalue weighted by Gasteiger charge is 2.62. The Morgan fingerprint density at radius 3 is 1.67 bits per heavy atom. The van der Waals surface area contributed by atoms with Gasteiger partial charge < -0.3 is 4.55 Å². The van der Waals surface area contributed by atoms with Gasteiger partial charge in [-0.1, -0.05) is 6.92 Å². The summed E-state index contributed by atoms with van der Waals surface area (Å²) in [6.45, 7) is 3.19. The van der Waals surface area contributed by atoms with E-state index in [0.717, 1.165) is 6.26 Å². The monoisotopic (exact) mass is 279 g/mol. The van der Waals surface area contributed by atoms with Crippen LogP contribution < -0.4 is 0 Å². The molecule has 0 rings (SSSR count). The van der Waals surface area contributed by atoms with Gasteiger partial charge in [0.05, 0.1) is 6.26 Å². The van der Waals surface area contributed by atoms with E-state index in [0.29, 0.717) is 0 Å². The summed E-state index contributed by atoms with van der Waals surface area (Å²) in [4.78, 5) is 0. The lowest BCUT2D eigenvalue weighted by molar-refractivity contribution is 0.437. The molecule has 0 saturated heterocycles. The summed E-state index contributed by atoms with van der Waals surface area (Å²) in [5, 5.41) is 0. The third-order valence-electron chi connectivity index (χ3n) is 1.71. The number of rotatable bonds is 5. The number of hydrogen-bond donors (Lipinski definition) is 2. The molecule has 0 fully saturated rings. The Hall–Kier alpha value is 0.130. The van der Waals surface area contributed by atoms with Crippen LogP contribution in [-0.2, 0) is 31.4 Å². The predicted octanol–water partition coefficient (Wildman–Crippen LogP) is -0.591. The molecule has 7 nitrogen and oxygen atoms in total. The van der Waals surface area contributed by atoms with Gasteiger partial charge in [-0.2, -0.15) is 16.8 Å². The van der Waals surface area contributed by atoms with Gasteiger partial charge in [0.25, 0.3) is 0 Å². The first-order chi connectivity index (χ1) is 6.50. The van der Waals surface area contributed by atoms with E-state index >= 15 is 0 Å². The third kappa shape index (κ3) is 2.63. The van der Waals surface area contributed by atoms with Crippen molar-refractivity contribution in [3.63, 3.8) is 0 Å². The highest BCUT2D eigenvalue weighted by Crippen LogP contribution is 2.34. The Kier molecular flexibility index (Phi) is 4.59. The van der Waals surface area contributed by atoms with Gasteiger partial charge in [-0.25, -0.2) is 0 Å². The normalized spacial score (nSPS) is 16.3. The van der Waals surface area contributed by atoms with Crippen LogP contribution in [-0.4, -0.2) is 40.2 Å². The lowest BCUT2D eigenvalue weighted by Crippen LogP contribution is -2.51. The molecule has 0 aliphatic rings. The molecule has 0 aromatic heterocycles. The van der Waals surface area contributed by atoms with Crippen molar-refractivity contribution in [1.29, 1.82) is 0 Å². The van der Waals surface area contributed by atoms with Crippen LogP contribution in [0.1, 0.15) is 12.8 Å². The summed E-state index contributed by atoms with van der Waals surface area (Å²) in [6, 6.07) is 0. The zero-order valence-electron chi connectivity index (χ0n) is 7.78. The molecule has 0 bridgehead atoms. The van der Waals surface area contributed by atoms with Crippen LogP contribution in [0, 0.1) is 6.92 Å². The van der Waals surface area contributed by atoms with Gasteiger partial charge in [0, 0.05) is 6.42 Å². The molecule has 10 heteroatoms. The average molecular weight is 279 g/mol. The standard InChI is InChI=1S/C5H11O7S3/c1-3-4-5(13(2)6,14(7,8)9)15(10,11)12/h1,3-4H2,2H3,(H,7,8,9)(H,10,11,12). The summed E-state index contributed by atoms with van der Waals surface area (Å²) in [5.74, 6) is 0. The SMILES string of the molecule is [CH2]CCC([S+](C)[O-])(S(=O)(=O)O)S(=O)(=O)O. The van der Waals surface area contributed by atoms with Crippen molar-refractivity contribution in [3.05, 3.63) is 6.92 Å². The van der Waals surface area contributed by atoms with Gasteiger partial charge in [-0.3, -0.25) is 9.11 Å². The van der Waals surface area contributed by atoms with Crippen molar-refractivity contribution >= 4 is 31.4 Å². The zero-order valence-corrected chi connectivity index (χ0v) is 10.2. The van der Waals surface area contributed by atoms with Gasteiger partial charge in [0.2, 0.25) is 0 Å². The minimum Gasteiger partial charge on any atom is -0.614 e. The van der Waals surface area contributed by atoms with Crippen molar-refractivity contribution < 1.29 is 30.5 Å². The van der Waals surface area contributed by atoms with E-state index in [1.54, 1.807) is 0 Å². The number of hydrogen-bond acceptors (Lipinski definition) is 5. The van der Waals surface area contributed by atoms with Crippen molar-refractivity contribution in [1.82, 2.24) is 0 Å². The predicted molar refractivity (Wildman–Crippen MR) is 54.5 cm³/mol. The highest BCUT2D eigenvalue weighted by atomic mass is 32.3. The second-order valence-corrected chi connectivity index (χ2v) is 8.37. The third-order valence-corrected chi connectivity index (χ3v) is 8.70. The van der Waals surface area contributed by atoms with Gasteiger partial charge >= 0.3 is 23.6 Å². The fourth-order valence-electron chi connectivity index (χ4n) is 1.05. The molecule has 0 aromatic carbocycles. The fraction of sp³-hybridized carbons (Fsp3) is 0.800. The van der Waals surface area contributed by atoms with Crippen molar-refractivity contribution in [2.24, 2.45) is 0 Å². The fourth-order valence-corrected chi connectivity index (χ4v) is 5.72. The van der Waals surface area contributed by atoms with Crippen LogP contribution >= 0.6 is 0 Å². The first-order valence-corrected chi connectivity index (χ1v) is 8.01. The largest absolute Gasteiger partial charge is 0.614 e. The molecule has 1 radical (unpaired) electrons. The molecule has 0 amide bonds. The summed E-state index contributed by atoms with van der Waals surface area (Å²) in [5.41, 5.74) is 0. The Morgan fingerprint density at radius 1 is 1.27 bits per heavy atom. The average Bonchev–Trinajstić information content (AvgIpc) is 1.93. The molecule has 0 spiro atoms. The molecule has 0 heterocycles. The van der Waals surface area contributed by atoms with E-state index in [9.17, 15) is 21.4 Å². The lowest BCUT2D eigenvalue weighted by atomic mass is 10.4. The molecule has 1 unspecified atom stereocenters. The minimum absolute atomic E-state index is 0.237. The Labute approximate surface area is 91.6 Å². The molecule has 1 atom stereocenters. The quantitative estimate of drug-likeness (QED) is 0.507. The van der Waals surface area contributed by atoms with Gasteiger partial charge in [0.1, 0.15) is 0 Å². The van der Waals surface area contributed by atoms with E-state index in [1.807, 2.05) is 0 Å². The molecular weight excluding hydrogens is 268 g/mol. The van der Waals surface area contributed by atoms with Crippen molar-refractivity contribution in [2.45, 2.75) is 16.3 Å². The van der Waals surface area contributed by atoms with Crippen molar-refractivity contribution in [3.8, 4) is 0 Å². The van der Waals surface area contributed by atoms with Gasteiger partial charge in [-0.05, 0) is 17.6 Å². The minimum atomic E-state index is -5.22. The maximum atomic E-state index is 11.2. The van der Waals surface area contributed by atoms with E-state index in [4.69, 9.17) is 9.11 Å². The maximum Gasteiger partial charge on any atom is 0.370 e. The topological polar surface area (TPSA) is 132 Å². The second-order valence-electron chi connectivity index (χ2n) is 2.69. The summed E-state index contributed by atoms with van der Waals surface area (Å²) in [6.07, 6.45) is -0.232. The summed E-state index contributed by atoms with van der Waals surface area (Å²) in [7, 11) is -10.4. The maximum absolute atomic E-state index is 11.2. The van der Waals surface area contributed by atoms with E-state index in [-0.39, 0.29) is 6.42 Å². The summed E-state index contributed by atoms with van der Waals surface area (Å²) < 4.78 is 69.3. The highest BCUT2D eigenvalue weighted by molar-refractivity contribution is 8.22. The van der Waals surface area contributed by atoms with E-state index in [1.165, 1.54) is 0 Å². The Balaban J connectivity index is 5.97.